The first-order valence-corrected chi connectivity index (χ1v) is 9.90. The van der Waals surface area contributed by atoms with Gasteiger partial charge in [-0.1, -0.05) is 41.6 Å². The highest BCUT2D eigenvalue weighted by molar-refractivity contribution is 7.98. The van der Waals surface area contributed by atoms with Crippen molar-refractivity contribution in [3.63, 3.8) is 0 Å². The van der Waals surface area contributed by atoms with Crippen molar-refractivity contribution in [3.05, 3.63) is 53.4 Å². The Labute approximate surface area is 167 Å². The third-order valence-corrected chi connectivity index (χ3v) is 5.43. The van der Waals surface area contributed by atoms with Crippen LogP contribution in [-0.2, 0) is 17.0 Å². The van der Waals surface area contributed by atoms with Gasteiger partial charge in [0, 0.05) is 24.4 Å². The van der Waals surface area contributed by atoms with Crippen LogP contribution < -0.4 is 0 Å². The number of hydrogen-bond donors (Lipinski definition) is 0. The van der Waals surface area contributed by atoms with Crippen LogP contribution in [0.2, 0.25) is 0 Å². The second-order valence-electron chi connectivity index (χ2n) is 6.71. The minimum Gasteiger partial charge on any atom is -0.416 e. The van der Waals surface area contributed by atoms with E-state index in [9.17, 15) is 9.59 Å². The van der Waals surface area contributed by atoms with E-state index < -0.39 is 11.9 Å². The van der Waals surface area contributed by atoms with Crippen molar-refractivity contribution < 1.29 is 14.0 Å². The van der Waals surface area contributed by atoms with E-state index in [1.165, 1.54) is 34.5 Å². The minimum atomic E-state index is -0.588. The lowest BCUT2D eigenvalue weighted by Crippen LogP contribution is -2.46. The number of carbonyl (C=O) groups excluding carboxylic acids is 2. The van der Waals surface area contributed by atoms with Gasteiger partial charge < -0.3 is 4.42 Å². The molecule has 0 spiro atoms. The summed E-state index contributed by atoms with van der Waals surface area (Å²) in [6.07, 6.45) is 1.71. The van der Waals surface area contributed by atoms with Crippen molar-refractivity contribution >= 4 is 29.4 Å². The normalized spacial score (nSPS) is 17.0. The molecule has 7 nitrogen and oxygen atoms in total. The Hall–Kier alpha value is -2.74. The van der Waals surface area contributed by atoms with Crippen LogP contribution >= 0.6 is 11.8 Å². The fourth-order valence-corrected chi connectivity index (χ4v) is 3.77. The average molecular weight is 398 g/mol. The van der Waals surface area contributed by atoms with E-state index in [0.29, 0.717) is 16.8 Å². The fraction of sp³-hybridized carbons (Fsp3) is 0.350. The zero-order chi connectivity index (χ0) is 20.3. The van der Waals surface area contributed by atoms with Gasteiger partial charge >= 0.3 is 6.03 Å². The largest absolute Gasteiger partial charge is 0.416 e. The van der Waals surface area contributed by atoms with Crippen molar-refractivity contribution in [2.45, 2.75) is 38.2 Å². The molecule has 3 amide bonds. The molecule has 0 saturated carbocycles. The van der Waals surface area contributed by atoms with Gasteiger partial charge in [-0.2, -0.15) is 0 Å². The van der Waals surface area contributed by atoms with Gasteiger partial charge in [0.25, 0.3) is 5.22 Å². The van der Waals surface area contributed by atoms with Crippen LogP contribution in [0.15, 0.2) is 45.5 Å². The average Bonchev–Trinajstić information content (AvgIpc) is 3.10. The predicted octanol–water partition coefficient (Wildman–Crippen LogP) is 3.75. The fourth-order valence-electron chi connectivity index (χ4n) is 2.93. The summed E-state index contributed by atoms with van der Waals surface area (Å²) >= 11 is 1.46. The molecular weight excluding hydrogens is 376 g/mol. The molecule has 1 aliphatic rings. The summed E-state index contributed by atoms with van der Waals surface area (Å²) in [4.78, 5) is 29.5. The maximum absolute atomic E-state index is 12.6. The molecule has 0 N–H and O–H groups in total. The van der Waals surface area contributed by atoms with Crippen molar-refractivity contribution in [1.29, 1.82) is 0 Å². The maximum atomic E-state index is 12.6. The Morgan fingerprint density at radius 2 is 2.04 bits per heavy atom. The Bertz CT molecular complexity index is 951. The second kappa shape index (κ2) is 8.52. The van der Waals surface area contributed by atoms with Crippen molar-refractivity contribution in [3.8, 4) is 0 Å². The number of rotatable bonds is 7. The van der Waals surface area contributed by atoms with E-state index >= 15 is 0 Å². The zero-order valence-electron chi connectivity index (χ0n) is 16.1. The number of amides is 3. The highest BCUT2D eigenvalue weighted by Gasteiger charge is 2.36. The Morgan fingerprint density at radius 3 is 2.79 bits per heavy atom. The summed E-state index contributed by atoms with van der Waals surface area (Å²) in [5, 5.41) is 8.57. The zero-order valence-corrected chi connectivity index (χ0v) is 17.0. The Morgan fingerprint density at radius 1 is 1.25 bits per heavy atom. The number of urea groups is 1. The van der Waals surface area contributed by atoms with Crippen LogP contribution in [0.25, 0.3) is 0 Å². The molecule has 8 heteroatoms. The SMILES string of the molecule is C=CCN1C(=O)N=C(C)C(Cc2nnc(SCc3cc(C)ccc3C)o2)C1=O. The standard InChI is InChI=1S/C20H22N4O3S/c1-5-8-24-18(25)16(14(4)21-19(24)26)10-17-22-23-20(27-17)28-11-15-9-12(2)6-7-13(15)3/h5-7,9,16H,1,8,10-11H2,2-4H3. The summed E-state index contributed by atoms with van der Waals surface area (Å²) in [5.41, 5.74) is 4.09. The number of aryl methyl sites for hydroxylation is 2. The van der Waals surface area contributed by atoms with Gasteiger partial charge in [0.2, 0.25) is 11.8 Å². The summed E-state index contributed by atoms with van der Waals surface area (Å²) in [5.74, 6) is 0.166. The lowest BCUT2D eigenvalue weighted by Gasteiger charge is -2.27. The van der Waals surface area contributed by atoms with Crippen LogP contribution in [0, 0.1) is 19.8 Å². The number of aliphatic imine (C=N–C) groups is 1. The predicted molar refractivity (Wildman–Crippen MR) is 107 cm³/mol. The molecule has 1 aromatic carbocycles. The van der Waals surface area contributed by atoms with Gasteiger partial charge in [0.1, 0.15) is 0 Å². The van der Waals surface area contributed by atoms with Crippen molar-refractivity contribution in [2.75, 3.05) is 6.54 Å². The number of carbonyl (C=O) groups is 2. The highest BCUT2D eigenvalue weighted by atomic mass is 32.2. The van der Waals surface area contributed by atoms with Gasteiger partial charge in [0.05, 0.1) is 5.92 Å². The van der Waals surface area contributed by atoms with Gasteiger partial charge in [-0.3, -0.25) is 9.69 Å². The smallest absolute Gasteiger partial charge is 0.350 e. The monoisotopic (exact) mass is 398 g/mol. The molecule has 1 aromatic heterocycles. The Balaban J connectivity index is 1.68. The molecular formula is C20H22N4O3S. The first-order chi connectivity index (χ1) is 13.4. The molecule has 1 unspecified atom stereocenters. The third kappa shape index (κ3) is 4.39. The van der Waals surface area contributed by atoms with E-state index in [4.69, 9.17) is 4.42 Å². The number of imide groups is 1. The van der Waals surface area contributed by atoms with Crippen LogP contribution in [0.1, 0.15) is 29.5 Å². The number of benzene rings is 1. The number of hydrogen-bond acceptors (Lipinski definition) is 6. The number of thioether (sulfide) groups is 1. The molecule has 1 atom stereocenters. The van der Waals surface area contributed by atoms with E-state index in [2.05, 4.69) is 53.8 Å². The van der Waals surface area contributed by atoms with Crippen molar-refractivity contribution in [1.82, 2.24) is 15.1 Å². The lowest BCUT2D eigenvalue weighted by atomic mass is 9.97. The molecule has 0 fully saturated rings. The Kier molecular flexibility index (Phi) is 6.08. The molecule has 0 bridgehead atoms. The first kappa shape index (κ1) is 20.0. The van der Waals surface area contributed by atoms with Gasteiger partial charge in [-0.05, 0) is 31.9 Å². The van der Waals surface area contributed by atoms with Crippen LogP contribution in [0.5, 0.6) is 0 Å². The quantitative estimate of drug-likeness (QED) is 0.521. The highest BCUT2D eigenvalue weighted by Crippen LogP contribution is 2.25. The molecule has 2 aromatic rings. The summed E-state index contributed by atoms with van der Waals surface area (Å²) < 4.78 is 5.71. The lowest BCUT2D eigenvalue weighted by molar-refractivity contribution is -0.130. The second-order valence-corrected chi connectivity index (χ2v) is 7.64. The molecule has 1 aliphatic heterocycles. The van der Waals surface area contributed by atoms with Crippen molar-refractivity contribution in [2.24, 2.45) is 10.9 Å². The van der Waals surface area contributed by atoms with Crippen LogP contribution in [-0.4, -0.2) is 39.3 Å². The third-order valence-electron chi connectivity index (χ3n) is 4.57. The maximum Gasteiger partial charge on any atom is 0.350 e. The summed E-state index contributed by atoms with van der Waals surface area (Å²) in [6, 6.07) is 5.76. The first-order valence-electron chi connectivity index (χ1n) is 8.91. The molecule has 28 heavy (non-hydrogen) atoms. The van der Waals surface area contributed by atoms with E-state index in [1.54, 1.807) is 6.92 Å². The topological polar surface area (TPSA) is 88.7 Å². The molecule has 2 heterocycles. The molecule has 3 rings (SSSR count). The van der Waals surface area contributed by atoms with Gasteiger partial charge in [0.15, 0.2) is 0 Å². The minimum absolute atomic E-state index is 0.131. The van der Waals surface area contributed by atoms with E-state index in [-0.39, 0.29) is 18.9 Å². The number of nitrogens with zero attached hydrogens (tertiary/aromatic N) is 4. The molecule has 0 radical (unpaired) electrons. The van der Waals surface area contributed by atoms with Gasteiger partial charge in [-0.15, -0.1) is 16.8 Å². The summed E-state index contributed by atoms with van der Waals surface area (Å²) in [7, 11) is 0. The number of aromatic nitrogens is 2. The molecule has 0 aliphatic carbocycles. The van der Waals surface area contributed by atoms with Crippen LogP contribution in [0.3, 0.4) is 0 Å². The van der Waals surface area contributed by atoms with E-state index in [1.807, 2.05) is 0 Å². The summed E-state index contributed by atoms with van der Waals surface area (Å²) in [6.45, 7) is 9.50. The van der Waals surface area contributed by atoms with E-state index in [0.717, 1.165) is 10.7 Å². The van der Waals surface area contributed by atoms with Crippen LogP contribution in [0.4, 0.5) is 4.79 Å². The molecule has 0 saturated heterocycles. The van der Waals surface area contributed by atoms with Gasteiger partial charge in [-0.25, -0.2) is 9.79 Å². The molecule has 146 valence electrons.